The van der Waals surface area contributed by atoms with Crippen LogP contribution in [0.2, 0.25) is 0 Å². The number of benzene rings is 2. The summed E-state index contributed by atoms with van der Waals surface area (Å²) in [6.07, 6.45) is 0. The van der Waals surface area contributed by atoms with E-state index in [1.165, 1.54) is 0 Å². The zero-order chi connectivity index (χ0) is 15.8. The Balaban J connectivity index is 1.69. The molecule has 2 aromatic carbocycles. The van der Waals surface area contributed by atoms with Crippen LogP contribution in [0.4, 0.5) is 5.69 Å². The smallest absolute Gasteiger partial charge is 0.258 e. The summed E-state index contributed by atoms with van der Waals surface area (Å²) >= 11 is 2.19. The molecule has 0 aliphatic heterocycles. The van der Waals surface area contributed by atoms with Gasteiger partial charge in [-0.1, -0.05) is 18.2 Å². The number of anilines is 1. The number of amides is 2. The highest BCUT2D eigenvalue weighted by Gasteiger charge is 2.06. The van der Waals surface area contributed by atoms with Gasteiger partial charge in [0.2, 0.25) is 5.91 Å². The van der Waals surface area contributed by atoms with Gasteiger partial charge in [0, 0.05) is 9.26 Å². The number of carbonyl (C=O) groups excluding carboxylic acids is 2. The Morgan fingerprint density at radius 3 is 2.32 bits per heavy atom. The zero-order valence-electron chi connectivity index (χ0n) is 11.7. The number of para-hydroxylation sites is 1. The number of rotatable bonds is 6. The summed E-state index contributed by atoms with van der Waals surface area (Å²) in [6.45, 7) is -0.218. The minimum atomic E-state index is -0.346. The minimum absolute atomic E-state index is 0.0943. The molecule has 0 fully saturated rings. The van der Waals surface area contributed by atoms with E-state index in [1.807, 2.05) is 30.3 Å². The fourth-order valence-corrected chi connectivity index (χ4v) is 1.99. The Morgan fingerprint density at radius 1 is 0.955 bits per heavy atom. The van der Waals surface area contributed by atoms with E-state index in [4.69, 9.17) is 4.74 Å². The van der Waals surface area contributed by atoms with Crippen LogP contribution < -0.4 is 15.4 Å². The van der Waals surface area contributed by atoms with E-state index < -0.39 is 0 Å². The summed E-state index contributed by atoms with van der Waals surface area (Å²) in [7, 11) is 0. The van der Waals surface area contributed by atoms with Gasteiger partial charge in [-0.25, -0.2) is 0 Å². The third kappa shape index (κ3) is 5.72. The van der Waals surface area contributed by atoms with Crippen molar-refractivity contribution >= 4 is 40.1 Å². The molecule has 0 saturated carbocycles. The Labute approximate surface area is 142 Å². The lowest BCUT2D eigenvalue weighted by molar-refractivity contribution is -0.125. The van der Waals surface area contributed by atoms with Crippen molar-refractivity contribution in [2.45, 2.75) is 0 Å². The number of hydrogen-bond acceptors (Lipinski definition) is 3. The predicted molar refractivity (Wildman–Crippen MR) is 92.7 cm³/mol. The van der Waals surface area contributed by atoms with Gasteiger partial charge in [-0.15, -0.1) is 0 Å². The molecule has 0 aromatic heterocycles. The molecule has 0 heterocycles. The van der Waals surface area contributed by atoms with E-state index in [1.54, 1.807) is 24.3 Å². The van der Waals surface area contributed by atoms with Gasteiger partial charge < -0.3 is 15.4 Å². The quantitative estimate of drug-likeness (QED) is 0.719. The van der Waals surface area contributed by atoms with Gasteiger partial charge in [-0.2, -0.15) is 0 Å². The maximum Gasteiger partial charge on any atom is 0.258 e. The highest BCUT2D eigenvalue weighted by atomic mass is 127. The van der Waals surface area contributed by atoms with Crippen molar-refractivity contribution in [1.29, 1.82) is 0 Å². The third-order valence-corrected chi connectivity index (χ3v) is 3.41. The molecule has 0 bridgehead atoms. The number of carbonyl (C=O) groups is 2. The molecule has 2 aromatic rings. The summed E-state index contributed by atoms with van der Waals surface area (Å²) in [6, 6.07) is 16.4. The van der Waals surface area contributed by atoms with Crippen molar-refractivity contribution in [2.75, 3.05) is 18.5 Å². The number of hydrogen-bond donors (Lipinski definition) is 2. The molecule has 114 valence electrons. The Hall–Kier alpha value is -2.09. The zero-order valence-corrected chi connectivity index (χ0v) is 13.9. The van der Waals surface area contributed by atoms with Crippen molar-refractivity contribution in [3.8, 4) is 5.75 Å². The van der Waals surface area contributed by atoms with Crippen LogP contribution in [-0.4, -0.2) is 25.0 Å². The van der Waals surface area contributed by atoms with Crippen LogP contribution >= 0.6 is 22.6 Å². The molecule has 2 amide bonds. The number of halogens is 1. The average Bonchev–Trinajstić information content (AvgIpc) is 2.54. The molecule has 22 heavy (non-hydrogen) atoms. The van der Waals surface area contributed by atoms with E-state index in [9.17, 15) is 9.59 Å². The minimum Gasteiger partial charge on any atom is -0.484 e. The largest absolute Gasteiger partial charge is 0.484 e. The molecular weight excluding hydrogens is 395 g/mol. The molecule has 0 aliphatic carbocycles. The number of ether oxygens (including phenoxy) is 1. The topological polar surface area (TPSA) is 67.4 Å². The Morgan fingerprint density at radius 2 is 1.64 bits per heavy atom. The van der Waals surface area contributed by atoms with Crippen LogP contribution in [0.25, 0.3) is 0 Å². The van der Waals surface area contributed by atoms with Gasteiger partial charge >= 0.3 is 0 Å². The molecule has 2 N–H and O–H groups in total. The fraction of sp³-hybridized carbons (Fsp3) is 0.125. The second-order valence-electron chi connectivity index (χ2n) is 4.43. The first kappa shape index (κ1) is 16.3. The van der Waals surface area contributed by atoms with E-state index in [0.717, 1.165) is 3.57 Å². The normalized spacial score (nSPS) is 9.86. The average molecular weight is 410 g/mol. The predicted octanol–water partition coefficient (Wildman–Crippen LogP) is 2.42. The van der Waals surface area contributed by atoms with Gasteiger partial charge in [-0.05, 0) is 59.0 Å². The maximum atomic E-state index is 11.7. The molecule has 5 nitrogen and oxygen atoms in total. The van der Waals surface area contributed by atoms with E-state index >= 15 is 0 Å². The van der Waals surface area contributed by atoms with Gasteiger partial charge in [-0.3, -0.25) is 9.59 Å². The van der Waals surface area contributed by atoms with Gasteiger partial charge in [0.1, 0.15) is 5.75 Å². The highest BCUT2D eigenvalue weighted by Crippen LogP contribution is 2.10. The van der Waals surface area contributed by atoms with Gasteiger partial charge in [0.25, 0.3) is 5.91 Å². The van der Waals surface area contributed by atoms with Gasteiger partial charge in [0.05, 0.1) is 6.54 Å². The first-order chi connectivity index (χ1) is 10.6. The molecule has 0 saturated heterocycles. The first-order valence-electron chi connectivity index (χ1n) is 6.63. The van der Waals surface area contributed by atoms with E-state index in [0.29, 0.717) is 11.4 Å². The molecule has 0 unspecified atom stereocenters. The SMILES string of the molecule is O=C(COc1ccccc1)NCC(=O)Nc1ccc(I)cc1. The third-order valence-electron chi connectivity index (χ3n) is 2.69. The van der Waals surface area contributed by atoms with Crippen molar-refractivity contribution in [1.82, 2.24) is 5.32 Å². The summed E-state index contributed by atoms with van der Waals surface area (Å²) in [5.41, 5.74) is 0.695. The molecule has 0 radical (unpaired) electrons. The second kappa shape index (κ2) is 8.38. The van der Waals surface area contributed by atoms with Crippen molar-refractivity contribution in [2.24, 2.45) is 0 Å². The van der Waals surface area contributed by atoms with E-state index in [2.05, 4.69) is 33.2 Å². The summed E-state index contributed by atoms with van der Waals surface area (Å²) in [5, 5.41) is 5.21. The molecule has 6 heteroatoms. The Bertz CT molecular complexity index is 630. The maximum absolute atomic E-state index is 11.7. The Kier molecular flexibility index (Phi) is 6.20. The summed E-state index contributed by atoms with van der Waals surface area (Å²) < 4.78 is 6.37. The van der Waals surface area contributed by atoms with Crippen LogP contribution in [-0.2, 0) is 9.59 Å². The lowest BCUT2D eigenvalue weighted by Gasteiger charge is -2.08. The second-order valence-corrected chi connectivity index (χ2v) is 5.68. The van der Waals surface area contributed by atoms with E-state index in [-0.39, 0.29) is 25.0 Å². The van der Waals surface area contributed by atoms with Crippen LogP contribution in [0, 0.1) is 3.57 Å². The van der Waals surface area contributed by atoms with Crippen molar-refractivity contribution in [3.63, 3.8) is 0 Å². The molecular formula is C16H15IN2O3. The summed E-state index contributed by atoms with van der Waals surface area (Å²) in [5.74, 6) is -0.0168. The van der Waals surface area contributed by atoms with Gasteiger partial charge in [0.15, 0.2) is 6.61 Å². The van der Waals surface area contributed by atoms with Crippen molar-refractivity contribution in [3.05, 3.63) is 58.2 Å². The summed E-state index contributed by atoms with van der Waals surface area (Å²) in [4.78, 5) is 23.3. The molecule has 2 rings (SSSR count). The lowest BCUT2D eigenvalue weighted by Crippen LogP contribution is -2.35. The first-order valence-corrected chi connectivity index (χ1v) is 7.71. The lowest BCUT2D eigenvalue weighted by atomic mass is 10.3. The highest BCUT2D eigenvalue weighted by molar-refractivity contribution is 14.1. The molecule has 0 atom stereocenters. The van der Waals surface area contributed by atoms with Crippen LogP contribution in [0.15, 0.2) is 54.6 Å². The van der Waals surface area contributed by atoms with Crippen molar-refractivity contribution < 1.29 is 14.3 Å². The number of nitrogens with one attached hydrogen (secondary N) is 2. The van der Waals surface area contributed by atoms with Crippen LogP contribution in [0.1, 0.15) is 0 Å². The standard InChI is InChI=1S/C16H15IN2O3/c17-12-6-8-13(9-7-12)19-15(20)10-18-16(21)11-22-14-4-2-1-3-5-14/h1-9H,10-11H2,(H,18,21)(H,19,20). The van der Waals surface area contributed by atoms with Crippen LogP contribution in [0.5, 0.6) is 5.75 Å². The monoisotopic (exact) mass is 410 g/mol. The molecule has 0 aliphatic rings. The fourth-order valence-electron chi connectivity index (χ4n) is 1.63. The van der Waals surface area contributed by atoms with Crippen LogP contribution in [0.3, 0.4) is 0 Å². The molecule has 0 spiro atoms.